The standard InChI is InChI=1S/C24H25F3N8O3/c1-3-38-22(36)16-10-29-35(13-16)23-30-18-14-34(32-20(18)21(31-23)37-2)12-15-6-8-33(9-7-15)19-5-4-17(11-28-19)24(25,26)27/h4-5,10-11,13-15H,3,6-9,12H2,1-2H3. The molecule has 0 aliphatic carbocycles. The number of hydrogen-bond acceptors (Lipinski definition) is 9. The molecule has 0 unspecified atom stereocenters. The predicted octanol–water partition coefficient (Wildman–Crippen LogP) is 3.53. The molecule has 0 amide bonds. The second-order valence-electron chi connectivity index (χ2n) is 8.85. The van der Waals surface area contributed by atoms with Gasteiger partial charge in [0, 0.05) is 32.0 Å². The second-order valence-corrected chi connectivity index (χ2v) is 8.85. The smallest absolute Gasteiger partial charge is 0.417 e. The molecule has 1 saturated heterocycles. The number of nitrogens with zero attached hydrogens (tertiary/aromatic N) is 8. The summed E-state index contributed by atoms with van der Waals surface area (Å²) in [6.45, 7) is 3.97. The summed E-state index contributed by atoms with van der Waals surface area (Å²) in [6.07, 6.45) is 2.82. The van der Waals surface area contributed by atoms with Crippen molar-refractivity contribution in [3.05, 3.63) is 48.0 Å². The molecule has 200 valence electrons. The second kappa shape index (κ2) is 10.3. The van der Waals surface area contributed by atoms with Gasteiger partial charge in [-0.15, -0.1) is 0 Å². The zero-order valence-corrected chi connectivity index (χ0v) is 20.7. The fourth-order valence-electron chi connectivity index (χ4n) is 4.36. The molecule has 0 spiro atoms. The van der Waals surface area contributed by atoms with E-state index in [1.165, 1.54) is 30.3 Å². The molecule has 0 N–H and O–H groups in total. The number of aromatic nitrogens is 7. The summed E-state index contributed by atoms with van der Waals surface area (Å²) >= 11 is 0. The summed E-state index contributed by atoms with van der Waals surface area (Å²) < 4.78 is 52.0. The molecule has 1 aliphatic rings. The van der Waals surface area contributed by atoms with Crippen LogP contribution in [0.5, 0.6) is 5.88 Å². The van der Waals surface area contributed by atoms with Crippen molar-refractivity contribution < 1.29 is 27.4 Å². The van der Waals surface area contributed by atoms with Crippen LogP contribution in [0.2, 0.25) is 0 Å². The van der Waals surface area contributed by atoms with Crippen LogP contribution < -0.4 is 9.64 Å². The Balaban J connectivity index is 1.27. The maximum atomic E-state index is 12.8. The Morgan fingerprint density at radius 3 is 2.58 bits per heavy atom. The van der Waals surface area contributed by atoms with Crippen LogP contribution in [-0.4, -0.2) is 67.3 Å². The molecule has 0 saturated carbocycles. The number of carbonyl (C=O) groups is 1. The van der Waals surface area contributed by atoms with Gasteiger partial charge in [0.25, 0.3) is 5.95 Å². The van der Waals surface area contributed by atoms with Crippen molar-refractivity contribution in [2.75, 3.05) is 31.7 Å². The maximum Gasteiger partial charge on any atom is 0.417 e. The summed E-state index contributed by atoms with van der Waals surface area (Å²) in [5.74, 6) is 0.868. The number of alkyl halides is 3. The van der Waals surface area contributed by atoms with Gasteiger partial charge in [-0.05, 0) is 37.8 Å². The Morgan fingerprint density at radius 2 is 1.92 bits per heavy atom. The third kappa shape index (κ3) is 5.24. The maximum absolute atomic E-state index is 12.8. The summed E-state index contributed by atoms with van der Waals surface area (Å²) in [5.41, 5.74) is 0.588. The molecule has 0 bridgehead atoms. The molecular weight excluding hydrogens is 505 g/mol. The van der Waals surface area contributed by atoms with E-state index in [4.69, 9.17) is 9.47 Å². The predicted molar refractivity (Wildman–Crippen MR) is 129 cm³/mol. The Hall–Kier alpha value is -4.23. The van der Waals surface area contributed by atoms with Crippen molar-refractivity contribution in [2.24, 2.45) is 5.92 Å². The van der Waals surface area contributed by atoms with Crippen LogP contribution in [0.4, 0.5) is 19.0 Å². The number of piperidine rings is 1. The van der Waals surface area contributed by atoms with E-state index in [0.29, 0.717) is 42.4 Å². The van der Waals surface area contributed by atoms with Crippen molar-refractivity contribution in [3.8, 4) is 11.8 Å². The molecule has 1 aliphatic heterocycles. The number of methoxy groups -OCH3 is 1. The van der Waals surface area contributed by atoms with Crippen molar-refractivity contribution >= 4 is 22.8 Å². The Kier molecular flexibility index (Phi) is 6.87. The third-order valence-electron chi connectivity index (χ3n) is 6.32. The first kappa shape index (κ1) is 25.4. The van der Waals surface area contributed by atoms with Crippen molar-refractivity contribution in [1.29, 1.82) is 0 Å². The first-order chi connectivity index (χ1) is 18.2. The monoisotopic (exact) mass is 530 g/mol. The quantitative estimate of drug-likeness (QED) is 0.331. The van der Waals surface area contributed by atoms with Gasteiger partial charge in [0.2, 0.25) is 5.88 Å². The highest BCUT2D eigenvalue weighted by molar-refractivity contribution is 5.88. The number of pyridine rings is 1. The topological polar surface area (TPSA) is 113 Å². The van der Waals surface area contributed by atoms with Crippen molar-refractivity contribution in [2.45, 2.75) is 32.5 Å². The Labute approximate surface area is 215 Å². The molecule has 14 heteroatoms. The van der Waals surface area contributed by atoms with Gasteiger partial charge in [-0.3, -0.25) is 4.68 Å². The lowest BCUT2D eigenvalue weighted by Crippen LogP contribution is -2.35. The van der Waals surface area contributed by atoms with E-state index in [1.54, 1.807) is 11.6 Å². The van der Waals surface area contributed by atoms with Crippen LogP contribution in [0.1, 0.15) is 35.7 Å². The van der Waals surface area contributed by atoms with Crippen LogP contribution in [-0.2, 0) is 17.5 Å². The van der Waals surface area contributed by atoms with Crippen LogP contribution in [0.25, 0.3) is 17.0 Å². The third-order valence-corrected chi connectivity index (χ3v) is 6.32. The number of anilines is 1. The van der Waals surface area contributed by atoms with Gasteiger partial charge in [0.05, 0.1) is 37.2 Å². The van der Waals surface area contributed by atoms with Gasteiger partial charge in [-0.25, -0.2) is 19.4 Å². The van der Waals surface area contributed by atoms with Gasteiger partial charge >= 0.3 is 12.1 Å². The largest absolute Gasteiger partial charge is 0.479 e. The lowest BCUT2D eigenvalue weighted by Gasteiger charge is -2.32. The molecule has 5 rings (SSSR count). The summed E-state index contributed by atoms with van der Waals surface area (Å²) in [4.78, 5) is 26.9. The van der Waals surface area contributed by atoms with Crippen LogP contribution in [0.15, 0.2) is 36.9 Å². The van der Waals surface area contributed by atoms with Gasteiger partial charge in [0.15, 0.2) is 5.52 Å². The average Bonchev–Trinajstić information content (AvgIpc) is 3.56. The number of halogens is 3. The summed E-state index contributed by atoms with van der Waals surface area (Å²) in [6, 6.07) is 2.48. The Bertz CT molecular complexity index is 1430. The highest BCUT2D eigenvalue weighted by Crippen LogP contribution is 2.30. The van der Waals surface area contributed by atoms with E-state index in [-0.39, 0.29) is 24.0 Å². The zero-order chi connectivity index (χ0) is 26.9. The minimum absolute atomic E-state index is 0.224. The van der Waals surface area contributed by atoms with E-state index in [1.807, 2.05) is 11.1 Å². The molecule has 0 aromatic carbocycles. The molecule has 5 heterocycles. The number of carbonyl (C=O) groups excluding carboxylic acids is 1. The van der Waals surface area contributed by atoms with Gasteiger partial charge in [-0.2, -0.15) is 28.4 Å². The number of ether oxygens (including phenoxy) is 2. The SMILES string of the molecule is CCOC(=O)c1cnn(-c2nc(OC)c3nn(CC4CCN(c5ccc(C(F)(F)F)cn5)CC4)cc3n2)c1. The lowest BCUT2D eigenvalue weighted by atomic mass is 9.97. The number of esters is 1. The first-order valence-corrected chi connectivity index (χ1v) is 12.0. The number of rotatable bonds is 7. The molecule has 4 aromatic rings. The minimum atomic E-state index is -4.40. The molecule has 1 fully saturated rings. The van der Waals surface area contributed by atoms with E-state index in [0.717, 1.165) is 25.1 Å². The fourth-order valence-corrected chi connectivity index (χ4v) is 4.36. The Morgan fingerprint density at radius 1 is 1.13 bits per heavy atom. The molecule has 38 heavy (non-hydrogen) atoms. The molecule has 0 atom stereocenters. The highest BCUT2D eigenvalue weighted by Gasteiger charge is 2.31. The minimum Gasteiger partial charge on any atom is -0.479 e. The molecular formula is C24H25F3N8O3. The van der Waals surface area contributed by atoms with E-state index < -0.39 is 17.7 Å². The van der Waals surface area contributed by atoms with E-state index in [2.05, 4.69) is 25.1 Å². The lowest BCUT2D eigenvalue weighted by molar-refractivity contribution is -0.137. The zero-order valence-electron chi connectivity index (χ0n) is 20.7. The highest BCUT2D eigenvalue weighted by atomic mass is 19.4. The van der Waals surface area contributed by atoms with Crippen molar-refractivity contribution in [1.82, 2.24) is 34.5 Å². The van der Waals surface area contributed by atoms with Gasteiger partial charge < -0.3 is 14.4 Å². The van der Waals surface area contributed by atoms with Crippen LogP contribution >= 0.6 is 0 Å². The number of fused-ring (bicyclic) bond motifs is 1. The summed E-state index contributed by atoms with van der Waals surface area (Å²) in [7, 11) is 1.49. The molecule has 11 nitrogen and oxygen atoms in total. The van der Waals surface area contributed by atoms with E-state index >= 15 is 0 Å². The summed E-state index contributed by atoms with van der Waals surface area (Å²) in [5, 5.41) is 8.77. The first-order valence-electron chi connectivity index (χ1n) is 12.0. The van der Waals surface area contributed by atoms with Crippen LogP contribution in [0.3, 0.4) is 0 Å². The average molecular weight is 531 g/mol. The number of hydrogen-bond donors (Lipinski definition) is 0. The normalized spacial score (nSPS) is 14.7. The van der Waals surface area contributed by atoms with Gasteiger partial charge in [0.1, 0.15) is 11.3 Å². The van der Waals surface area contributed by atoms with Crippen molar-refractivity contribution in [3.63, 3.8) is 0 Å². The van der Waals surface area contributed by atoms with Gasteiger partial charge in [-0.1, -0.05) is 0 Å². The van der Waals surface area contributed by atoms with E-state index in [9.17, 15) is 18.0 Å². The molecule has 0 radical (unpaired) electrons. The molecule has 4 aromatic heterocycles. The fraction of sp³-hybridized carbons (Fsp3) is 0.417. The van der Waals surface area contributed by atoms with Crippen LogP contribution in [0, 0.1) is 5.92 Å².